The first-order chi connectivity index (χ1) is 8.63. The minimum Gasteiger partial charge on any atom is -0.368 e. The van der Waals surface area contributed by atoms with Crippen LogP contribution in [0.4, 0.5) is 0 Å². The summed E-state index contributed by atoms with van der Waals surface area (Å²) in [6, 6.07) is 10.0. The standard InChI is InChI=1S/C14H18N2O2/c1-2-16(9-13(15)17)14(18)12-8-11(12)10-6-4-3-5-7-10/h3-7,11-12H,2,8-9H2,1H3,(H2,15,17). The predicted octanol–water partition coefficient (Wildman–Crippen LogP) is 1.12. The van der Waals surface area contributed by atoms with Gasteiger partial charge in [-0.2, -0.15) is 0 Å². The van der Waals surface area contributed by atoms with Crippen LogP contribution in [0.3, 0.4) is 0 Å². The van der Waals surface area contributed by atoms with Gasteiger partial charge in [0.2, 0.25) is 11.8 Å². The lowest BCUT2D eigenvalue weighted by Gasteiger charge is -2.19. The van der Waals surface area contributed by atoms with Crippen molar-refractivity contribution in [2.45, 2.75) is 19.3 Å². The van der Waals surface area contributed by atoms with Crippen LogP contribution in [0.15, 0.2) is 30.3 Å². The smallest absolute Gasteiger partial charge is 0.237 e. The van der Waals surface area contributed by atoms with Crippen LogP contribution in [0.1, 0.15) is 24.8 Å². The van der Waals surface area contributed by atoms with E-state index in [4.69, 9.17) is 5.73 Å². The highest BCUT2D eigenvalue weighted by Gasteiger charge is 2.45. The summed E-state index contributed by atoms with van der Waals surface area (Å²) < 4.78 is 0. The van der Waals surface area contributed by atoms with E-state index < -0.39 is 5.91 Å². The van der Waals surface area contributed by atoms with Crippen LogP contribution < -0.4 is 5.73 Å². The van der Waals surface area contributed by atoms with Crippen molar-refractivity contribution in [3.8, 4) is 0 Å². The third-order valence-corrected chi connectivity index (χ3v) is 3.38. The lowest BCUT2D eigenvalue weighted by molar-refractivity contribution is -0.136. The molecule has 96 valence electrons. The molecule has 2 rings (SSSR count). The average Bonchev–Trinajstić information content (AvgIpc) is 3.16. The highest BCUT2D eigenvalue weighted by molar-refractivity contribution is 5.87. The number of likely N-dealkylation sites (N-methyl/N-ethyl adjacent to an activating group) is 1. The van der Waals surface area contributed by atoms with Crippen molar-refractivity contribution in [1.29, 1.82) is 0 Å². The average molecular weight is 246 g/mol. The number of rotatable bonds is 5. The molecule has 1 saturated carbocycles. The zero-order valence-corrected chi connectivity index (χ0v) is 10.5. The molecule has 0 aromatic heterocycles. The molecule has 0 aliphatic heterocycles. The van der Waals surface area contributed by atoms with E-state index in [1.807, 2.05) is 37.3 Å². The Bertz CT molecular complexity index is 444. The van der Waals surface area contributed by atoms with Gasteiger partial charge in [0.05, 0.1) is 6.54 Å². The first-order valence-electron chi connectivity index (χ1n) is 6.25. The van der Waals surface area contributed by atoms with Crippen LogP contribution in [0.2, 0.25) is 0 Å². The number of nitrogens with zero attached hydrogens (tertiary/aromatic N) is 1. The molecule has 0 spiro atoms. The van der Waals surface area contributed by atoms with Crippen molar-refractivity contribution in [2.75, 3.05) is 13.1 Å². The number of benzene rings is 1. The zero-order valence-electron chi connectivity index (χ0n) is 10.5. The minimum absolute atomic E-state index is 0.0201. The fourth-order valence-corrected chi connectivity index (χ4v) is 2.30. The molecule has 1 aromatic rings. The summed E-state index contributed by atoms with van der Waals surface area (Å²) >= 11 is 0. The van der Waals surface area contributed by atoms with Crippen LogP contribution in [0.5, 0.6) is 0 Å². The maximum Gasteiger partial charge on any atom is 0.237 e. The third kappa shape index (κ3) is 2.70. The molecule has 1 aliphatic rings. The Morgan fingerprint density at radius 1 is 1.33 bits per heavy atom. The Morgan fingerprint density at radius 3 is 2.56 bits per heavy atom. The molecule has 2 unspecified atom stereocenters. The number of carbonyl (C=O) groups is 2. The van der Waals surface area contributed by atoms with Crippen molar-refractivity contribution in [2.24, 2.45) is 11.7 Å². The lowest BCUT2D eigenvalue weighted by atomic mass is 10.1. The molecule has 4 nitrogen and oxygen atoms in total. The van der Waals surface area contributed by atoms with Gasteiger partial charge in [-0.1, -0.05) is 30.3 Å². The fraction of sp³-hybridized carbons (Fsp3) is 0.429. The van der Waals surface area contributed by atoms with Crippen molar-refractivity contribution < 1.29 is 9.59 Å². The maximum absolute atomic E-state index is 12.2. The van der Waals surface area contributed by atoms with Gasteiger partial charge in [-0.3, -0.25) is 9.59 Å². The number of amides is 2. The summed E-state index contributed by atoms with van der Waals surface area (Å²) in [7, 11) is 0. The largest absolute Gasteiger partial charge is 0.368 e. The van der Waals surface area contributed by atoms with Crippen LogP contribution in [-0.2, 0) is 9.59 Å². The van der Waals surface area contributed by atoms with Gasteiger partial charge in [0, 0.05) is 12.5 Å². The first-order valence-corrected chi connectivity index (χ1v) is 6.25. The van der Waals surface area contributed by atoms with Crippen molar-refractivity contribution >= 4 is 11.8 Å². The second-order valence-electron chi connectivity index (χ2n) is 4.68. The van der Waals surface area contributed by atoms with E-state index in [9.17, 15) is 9.59 Å². The molecule has 1 aromatic carbocycles. The third-order valence-electron chi connectivity index (χ3n) is 3.38. The normalized spacial score (nSPS) is 21.4. The van der Waals surface area contributed by atoms with Crippen molar-refractivity contribution in [3.05, 3.63) is 35.9 Å². The Morgan fingerprint density at radius 2 is 2.00 bits per heavy atom. The summed E-state index contributed by atoms with van der Waals surface area (Å²) in [5.41, 5.74) is 6.34. The first kappa shape index (κ1) is 12.6. The summed E-state index contributed by atoms with van der Waals surface area (Å²) in [6.45, 7) is 2.41. The second kappa shape index (κ2) is 5.21. The quantitative estimate of drug-likeness (QED) is 0.846. The summed E-state index contributed by atoms with van der Waals surface area (Å²) in [5.74, 6) is -0.0837. The molecule has 1 aliphatic carbocycles. The maximum atomic E-state index is 12.2. The molecule has 0 radical (unpaired) electrons. The van der Waals surface area contributed by atoms with Crippen molar-refractivity contribution in [1.82, 2.24) is 4.90 Å². The molecule has 18 heavy (non-hydrogen) atoms. The van der Waals surface area contributed by atoms with Gasteiger partial charge in [-0.15, -0.1) is 0 Å². The number of primary amides is 1. The molecule has 0 bridgehead atoms. The Balaban J connectivity index is 1.98. The molecule has 4 heteroatoms. The van der Waals surface area contributed by atoms with Gasteiger partial charge in [0.25, 0.3) is 0 Å². The minimum atomic E-state index is -0.456. The van der Waals surface area contributed by atoms with Gasteiger partial charge in [-0.25, -0.2) is 0 Å². The van der Waals surface area contributed by atoms with Crippen LogP contribution in [-0.4, -0.2) is 29.8 Å². The monoisotopic (exact) mass is 246 g/mol. The second-order valence-corrected chi connectivity index (χ2v) is 4.68. The molecule has 2 N–H and O–H groups in total. The van der Waals surface area contributed by atoms with E-state index >= 15 is 0 Å². The van der Waals surface area contributed by atoms with Gasteiger partial charge in [0.15, 0.2) is 0 Å². The van der Waals surface area contributed by atoms with Crippen LogP contribution in [0, 0.1) is 5.92 Å². The molecular weight excluding hydrogens is 228 g/mol. The van der Waals surface area contributed by atoms with E-state index in [0.717, 1.165) is 6.42 Å². The Hall–Kier alpha value is -1.84. The molecule has 1 fully saturated rings. The molecular formula is C14H18N2O2. The summed E-state index contributed by atoms with van der Waals surface area (Å²) in [4.78, 5) is 24.6. The summed E-state index contributed by atoms with van der Waals surface area (Å²) in [5, 5.41) is 0. The molecule has 2 atom stereocenters. The SMILES string of the molecule is CCN(CC(N)=O)C(=O)C1CC1c1ccccc1. The van der Waals surface area contributed by atoms with E-state index in [-0.39, 0.29) is 18.4 Å². The van der Waals surface area contributed by atoms with E-state index in [1.165, 1.54) is 10.5 Å². The fourth-order valence-electron chi connectivity index (χ4n) is 2.30. The van der Waals surface area contributed by atoms with Gasteiger partial charge in [-0.05, 0) is 24.8 Å². The van der Waals surface area contributed by atoms with E-state index in [2.05, 4.69) is 0 Å². The highest BCUT2D eigenvalue weighted by atomic mass is 16.2. The molecule has 2 amide bonds. The van der Waals surface area contributed by atoms with Gasteiger partial charge >= 0.3 is 0 Å². The number of hydrogen-bond donors (Lipinski definition) is 1. The van der Waals surface area contributed by atoms with Gasteiger partial charge < -0.3 is 10.6 Å². The van der Waals surface area contributed by atoms with Gasteiger partial charge in [0.1, 0.15) is 0 Å². The zero-order chi connectivity index (χ0) is 13.1. The van der Waals surface area contributed by atoms with Crippen LogP contribution in [0.25, 0.3) is 0 Å². The van der Waals surface area contributed by atoms with Crippen molar-refractivity contribution in [3.63, 3.8) is 0 Å². The summed E-state index contributed by atoms with van der Waals surface area (Å²) in [6.07, 6.45) is 0.873. The topological polar surface area (TPSA) is 63.4 Å². The highest BCUT2D eigenvalue weighted by Crippen LogP contribution is 2.48. The Labute approximate surface area is 107 Å². The van der Waals surface area contributed by atoms with E-state index in [0.29, 0.717) is 12.5 Å². The molecule has 0 saturated heterocycles. The number of nitrogens with two attached hydrogens (primary N) is 1. The Kier molecular flexibility index (Phi) is 3.65. The van der Waals surface area contributed by atoms with E-state index in [1.54, 1.807) is 0 Å². The number of carbonyl (C=O) groups excluding carboxylic acids is 2. The molecule has 0 heterocycles. The van der Waals surface area contributed by atoms with Crippen LogP contribution >= 0.6 is 0 Å². The number of hydrogen-bond acceptors (Lipinski definition) is 2. The lowest BCUT2D eigenvalue weighted by Crippen LogP contribution is -2.39. The predicted molar refractivity (Wildman–Crippen MR) is 68.7 cm³/mol.